The van der Waals surface area contributed by atoms with Crippen LogP contribution in [0.2, 0.25) is 0 Å². The minimum atomic E-state index is -0.400. The van der Waals surface area contributed by atoms with Gasteiger partial charge in [0.15, 0.2) is 0 Å². The van der Waals surface area contributed by atoms with Crippen molar-refractivity contribution in [3.63, 3.8) is 0 Å². The minimum Gasteiger partial charge on any atom is -0.474 e. The van der Waals surface area contributed by atoms with Crippen molar-refractivity contribution >= 4 is 50.7 Å². The predicted octanol–water partition coefficient (Wildman–Crippen LogP) is 4.80. The molecule has 0 saturated carbocycles. The minimum absolute atomic E-state index is 0.0390. The molecule has 2 amide bonds. The number of aromatic nitrogens is 3. The third kappa shape index (κ3) is 5.98. The standard InChI is InChI=1S/C24H20BrN5O4S/c25-16-4-5-20(26-13-16)30-8-6-17(7-9-30)33-21-12-22(28-14-27-21)34-18-3-1-2-15(10-18)11-19-23(31)29-24(32)35-19/h1-5,10-14,17H,6-9H2,(H,29,31,32)/b19-11+. The van der Waals surface area contributed by atoms with Gasteiger partial charge >= 0.3 is 0 Å². The molecule has 2 aliphatic heterocycles. The van der Waals surface area contributed by atoms with Gasteiger partial charge in [0, 0.05) is 36.6 Å². The van der Waals surface area contributed by atoms with E-state index >= 15 is 0 Å². The molecular formula is C24H20BrN5O4S. The maximum Gasteiger partial charge on any atom is 0.290 e. The Kier molecular flexibility index (Phi) is 6.96. The second kappa shape index (κ2) is 10.4. The van der Waals surface area contributed by atoms with E-state index in [9.17, 15) is 9.59 Å². The molecule has 0 aliphatic carbocycles. The van der Waals surface area contributed by atoms with Crippen molar-refractivity contribution in [3.8, 4) is 17.5 Å². The van der Waals surface area contributed by atoms with Crippen LogP contribution in [0.1, 0.15) is 18.4 Å². The van der Waals surface area contributed by atoms with Gasteiger partial charge in [-0.15, -0.1) is 0 Å². The Morgan fingerprint density at radius 3 is 2.63 bits per heavy atom. The van der Waals surface area contributed by atoms with E-state index in [1.807, 2.05) is 18.2 Å². The molecule has 2 saturated heterocycles. The lowest BCUT2D eigenvalue weighted by molar-refractivity contribution is -0.115. The van der Waals surface area contributed by atoms with Crippen molar-refractivity contribution in [2.75, 3.05) is 18.0 Å². The highest BCUT2D eigenvalue weighted by atomic mass is 79.9. The van der Waals surface area contributed by atoms with Crippen LogP contribution in [0.25, 0.3) is 6.08 Å². The van der Waals surface area contributed by atoms with Crippen molar-refractivity contribution in [2.24, 2.45) is 0 Å². The first-order valence-electron chi connectivity index (χ1n) is 10.9. The van der Waals surface area contributed by atoms with Crippen LogP contribution in [-0.4, -0.2) is 45.3 Å². The van der Waals surface area contributed by atoms with E-state index in [4.69, 9.17) is 9.47 Å². The van der Waals surface area contributed by atoms with Gasteiger partial charge in [-0.25, -0.2) is 15.0 Å². The van der Waals surface area contributed by atoms with Crippen LogP contribution in [0, 0.1) is 0 Å². The number of pyridine rings is 1. The summed E-state index contributed by atoms with van der Waals surface area (Å²) in [6, 6.07) is 12.8. The maximum absolute atomic E-state index is 11.8. The molecule has 1 N–H and O–H groups in total. The van der Waals surface area contributed by atoms with Gasteiger partial charge in [-0.05, 0) is 63.6 Å². The van der Waals surface area contributed by atoms with Crippen LogP contribution >= 0.6 is 27.7 Å². The van der Waals surface area contributed by atoms with Crippen LogP contribution in [0.5, 0.6) is 17.5 Å². The smallest absolute Gasteiger partial charge is 0.290 e. The summed E-state index contributed by atoms with van der Waals surface area (Å²) in [4.78, 5) is 38.6. The number of benzene rings is 1. The van der Waals surface area contributed by atoms with Gasteiger partial charge < -0.3 is 14.4 Å². The number of carbonyl (C=O) groups is 2. The Bertz CT molecular complexity index is 1280. The predicted molar refractivity (Wildman–Crippen MR) is 135 cm³/mol. The number of ether oxygens (including phenoxy) is 2. The number of carbonyl (C=O) groups excluding carboxylic acids is 2. The van der Waals surface area contributed by atoms with Crippen LogP contribution in [-0.2, 0) is 4.79 Å². The first kappa shape index (κ1) is 23.3. The third-order valence-corrected chi connectivity index (χ3v) is 6.68. The summed E-state index contributed by atoms with van der Waals surface area (Å²) in [5.74, 6) is 1.89. The second-order valence-electron chi connectivity index (χ2n) is 7.86. The van der Waals surface area contributed by atoms with Crippen molar-refractivity contribution in [2.45, 2.75) is 18.9 Å². The first-order valence-corrected chi connectivity index (χ1v) is 12.5. The lowest BCUT2D eigenvalue weighted by Crippen LogP contribution is -2.38. The molecule has 0 bridgehead atoms. The summed E-state index contributed by atoms with van der Waals surface area (Å²) in [5.41, 5.74) is 0.729. The van der Waals surface area contributed by atoms with Gasteiger partial charge in [0.1, 0.15) is 24.0 Å². The monoisotopic (exact) mass is 553 g/mol. The fourth-order valence-corrected chi connectivity index (χ4v) is 4.65. The summed E-state index contributed by atoms with van der Waals surface area (Å²) in [7, 11) is 0. The molecule has 0 spiro atoms. The molecule has 0 unspecified atom stereocenters. The molecule has 4 heterocycles. The lowest BCUT2D eigenvalue weighted by atomic mass is 10.1. The van der Waals surface area contributed by atoms with E-state index in [2.05, 4.69) is 41.1 Å². The Morgan fingerprint density at radius 2 is 1.89 bits per heavy atom. The van der Waals surface area contributed by atoms with E-state index in [1.54, 1.807) is 36.5 Å². The number of nitrogens with zero attached hydrogens (tertiary/aromatic N) is 4. The van der Waals surface area contributed by atoms with Crippen LogP contribution in [0.3, 0.4) is 0 Å². The number of nitrogens with one attached hydrogen (secondary N) is 1. The molecule has 35 heavy (non-hydrogen) atoms. The largest absolute Gasteiger partial charge is 0.474 e. The quantitative estimate of drug-likeness (QED) is 0.430. The number of hydrogen-bond acceptors (Lipinski definition) is 9. The molecule has 2 aromatic heterocycles. The van der Waals surface area contributed by atoms with Crippen molar-refractivity contribution in [1.82, 2.24) is 20.3 Å². The fraction of sp³-hybridized carbons (Fsp3) is 0.208. The van der Waals surface area contributed by atoms with Crippen molar-refractivity contribution < 1.29 is 19.1 Å². The Balaban J connectivity index is 1.19. The van der Waals surface area contributed by atoms with Gasteiger partial charge in [-0.1, -0.05) is 12.1 Å². The first-order chi connectivity index (χ1) is 17.0. The van der Waals surface area contributed by atoms with Crippen molar-refractivity contribution in [3.05, 3.63) is 69.9 Å². The van der Waals surface area contributed by atoms with Gasteiger partial charge in [-0.2, -0.15) is 0 Å². The maximum atomic E-state index is 11.8. The van der Waals surface area contributed by atoms with Gasteiger partial charge in [-0.3, -0.25) is 14.9 Å². The fourth-order valence-electron chi connectivity index (χ4n) is 3.73. The number of halogens is 1. The topological polar surface area (TPSA) is 107 Å². The molecule has 1 aromatic carbocycles. The lowest BCUT2D eigenvalue weighted by Gasteiger charge is -2.32. The number of piperidine rings is 1. The molecule has 0 atom stereocenters. The van der Waals surface area contributed by atoms with Gasteiger partial charge in [0.05, 0.1) is 11.0 Å². The molecule has 2 fully saturated rings. The van der Waals surface area contributed by atoms with Crippen molar-refractivity contribution in [1.29, 1.82) is 0 Å². The molecular weight excluding hydrogens is 534 g/mol. The van der Waals surface area contributed by atoms with E-state index < -0.39 is 5.91 Å². The van der Waals surface area contributed by atoms with E-state index in [0.29, 0.717) is 22.4 Å². The average molecular weight is 554 g/mol. The number of hydrogen-bond donors (Lipinski definition) is 1. The number of amides is 2. The van der Waals surface area contributed by atoms with E-state index in [0.717, 1.165) is 53.5 Å². The number of thioether (sulfide) groups is 1. The molecule has 5 rings (SSSR count). The molecule has 178 valence electrons. The normalized spacial score (nSPS) is 17.5. The average Bonchev–Trinajstić information content (AvgIpc) is 3.17. The second-order valence-corrected chi connectivity index (χ2v) is 9.79. The highest BCUT2D eigenvalue weighted by Gasteiger charge is 2.25. The molecule has 9 nitrogen and oxygen atoms in total. The van der Waals surface area contributed by atoms with Crippen LogP contribution < -0.4 is 19.7 Å². The van der Waals surface area contributed by atoms with E-state index in [1.165, 1.54) is 6.33 Å². The zero-order chi connectivity index (χ0) is 24.2. The van der Waals surface area contributed by atoms with Crippen LogP contribution in [0.15, 0.2) is 64.4 Å². The summed E-state index contributed by atoms with van der Waals surface area (Å²) in [6.07, 6.45) is 6.59. The Labute approximate surface area is 214 Å². The number of rotatable bonds is 6. The summed E-state index contributed by atoms with van der Waals surface area (Å²) in [5, 5.41) is 1.86. The SMILES string of the molecule is O=C1NC(=O)/C(=C\c2cccc(Oc3cc(OC4CCN(c5ccc(Br)cn5)CC4)ncn3)c2)S1. The third-order valence-electron chi connectivity index (χ3n) is 5.40. The number of anilines is 1. The zero-order valence-electron chi connectivity index (χ0n) is 18.4. The molecule has 0 radical (unpaired) electrons. The summed E-state index contributed by atoms with van der Waals surface area (Å²) < 4.78 is 12.9. The Morgan fingerprint density at radius 1 is 1.06 bits per heavy atom. The highest BCUT2D eigenvalue weighted by molar-refractivity contribution is 9.10. The molecule has 3 aromatic rings. The summed E-state index contributed by atoms with van der Waals surface area (Å²) in [6.45, 7) is 1.69. The number of imide groups is 1. The van der Waals surface area contributed by atoms with E-state index in [-0.39, 0.29) is 11.3 Å². The van der Waals surface area contributed by atoms with Gasteiger partial charge in [0.2, 0.25) is 11.8 Å². The molecule has 2 aliphatic rings. The Hall–Kier alpha value is -3.44. The zero-order valence-corrected chi connectivity index (χ0v) is 20.8. The highest BCUT2D eigenvalue weighted by Crippen LogP contribution is 2.29. The molecule has 11 heteroatoms. The van der Waals surface area contributed by atoms with Gasteiger partial charge in [0.25, 0.3) is 11.1 Å². The van der Waals surface area contributed by atoms with Crippen LogP contribution in [0.4, 0.5) is 10.6 Å². The summed E-state index contributed by atoms with van der Waals surface area (Å²) >= 11 is 4.29.